The molecule has 88 valence electrons. The molecule has 16 heavy (non-hydrogen) atoms. The predicted molar refractivity (Wildman–Crippen MR) is 69.3 cm³/mol. The molecule has 1 fully saturated rings. The first-order valence-corrected chi connectivity index (χ1v) is 7.17. The van der Waals surface area contributed by atoms with Crippen LogP contribution in [0.4, 0.5) is 0 Å². The molecule has 0 aliphatic carbocycles. The molecule has 1 aliphatic rings. The van der Waals surface area contributed by atoms with Crippen molar-refractivity contribution < 1.29 is 4.79 Å². The quantitative estimate of drug-likeness (QED) is 0.747. The van der Waals surface area contributed by atoms with Crippen molar-refractivity contribution in [1.82, 2.24) is 9.88 Å². The second-order valence-electron chi connectivity index (χ2n) is 4.28. The normalized spacial score (nSPS) is 25.8. The lowest BCUT2D eigenvalue weighted by Crippen LogP contribution is -2.43. The van der Waals surface area contributed by atoms with Crippen LogP contribution >= 0.6 is 27.3 Å². The van der Waals surface area contributed by atoms with E-state index in [2.05, 4.69) is 27.8 Å². The number of hydrogen-bond donors (Lipinski definition) is 0. The summed E-state index contributed by atoms with van der Waals surface area (Å²) in [6, 6.07) is 0. The number of likely N-dealkylation sites (tertiary alicyclic amines) is 1. The third-order valence-corrected chi connectivity index (χ3v) is 5.08. The number of piperidine rings is 1. The summed E-state index contributed by atoms with van der Waals surface area (Å²) in [5.74, 6) is 0.772. The van der Waals surface area contributed by atoms with E-state index in [1.165, 1.54) is 11.3 Å². The second-order valence-corrected chi connectivity index (χ2v) is 6.69. The van der Waals surface area contributed by atoms with Crippen molar-refractivity contribution in [2.24, 2.45) is 5.92 Å². The van der Waals surface area contributed by atoms with Crippen molar-refractivity contribution in [3.8, 4) is 0 Å². The van der Waals surface area contributed by atoms with Crippen LogP contribution in [-0.4, -0.2) is 33.7 Å². The van der Waals surface area contributed by atoms with Gasteiger partial charge in [-0.15, -0.1) is 11.3 Å². The van der Waals surface area contributed by atoms with Gasteiger partial charge in [-0.05, 0) is 19.3 Å². The van der Waals surface area contributed by atoms with Gasteiger partial charge in [0.2, 0.25) is 0 Å². The van der Waals surface area contributed by atoms with Gasteiger partial charge in [-0.25, -0.2) is 4.98 Å². The highest BCUT2D eigenvalue weighted by atomic mass is 79.9. The molecule has 1 aromatic rings. The first kappa shape index (κ1) is 12.0. The van der Waals surface area contributed by atoms with E-state index in [-0.39, 0.29) is 5.91 Å². The number of alkyl halides is 1. The average Bonchev–Trinajstić information content (AvgIpc) is 2.68. The van der Waals surface area contributed by atoms with Gasteiger partial charge >= 0.3 is 0 Å². The molecular weight excluding hydrogens is 288 g/mol. The van der Waals surface area contributed by atoms with Crippen LogP contribution in [0.2, 0.25) is 0 Å². The highest BCUT2D eigenvalue weighted by molar-refractivity contribution is 9.09. The summed E-state index contributed by atoms with van der Waals surface area (Å²) in [7, 11) is 0. The summed E-state index contributed by atoms with van der Waals surface area (Å²) in [4.78, 5) is 19.4. The number of halogens is 1. The van der Waals surface area contributed by atoms with Crippen LogP contribution in [0, 0.1) is 12.8 Å². The van der Waals surface area contributed by atoms with E-state index in [4.69, 9.17) is 0 Å². The molecule has 2 atom stereocenters. The molecule has 0 aromatic carbocycles. The molecule has 0 N–H and O–H groups in total. The van der Waals surface area contributed by atoms with Gasteiger partial charge < -0.3 is 4.90 Å². The molecule has 2 rings (SSSR count). The van der Waals surface area contributed by atoms with Crippen molar-refractivity contribution in [1.29, 1.82) is 0 Å². The molecule has 1 aromatic heterocycles. The molecule has 0 bridgehead atoms. The Morgan fingerprint density at radius 1 is 1.69 bits per heavy atom. The van der Waals surface area contributed by atoms with Crippen LogP contribution in [0.3, 0.4) is 0 Å². The number of amides is 1. The summed E-state index contributed by atoms with van der Waals surface area (Å²) in [6.07, 6.45) is 2.75. The minimum Gasteiger partial charge on any atom is -0.337 e. The maximum Gasteiger partial charge on any atom is 0.265 e. The molecule has 5 heteroatoms. The number of aromatic nitrogens is 1. The molecule has 3 nitrogen and oxygen atoms in total. The molecule has 0 saturated carbocycles. The first-order valence-electron chi connectivity index (χ1n) is 5.43. The maximum absolute atomic E-state index is 12.1. The molecule has 1 aliphatic heterocycles. The fourth-order valence-electron chi connectivity index (χ4n) is 1.82. The van der Waals surface area contributed by atoms with Crippen LogP contribution in [0.15, 0.2) is 6.20 Å². The van der Waals surface area contributed by atoms with E-state index in [0.717, 1.165) is 29.4 Å². The van der Waals surface area contributed by atoms with Gasteiger partial charge in [-0.2, -0.15) is 0 Å². The molecule has 1 amide bonds. The van der Waals surface area contributed by atoms with Gasteiger partial charge in [0.05, 0.1) is 11.2 Å². The van der Waals surface area contributed by atoms with E-state index < -0.39 is 0 Å². The Morgan fingerprint density at radius 2 is 2.44 bits per heavy atom. The Bertz CT molecular complexity index is 393. The summed E-state index contributed by atoms with van der Waals surface area (Å²) < 4.78 is 0. The number of rotatable bonds is 1. The lowest BCUT2D eigenvalue weighted by molar-refractivity contribution is 0.0710. The van der Waals surface area contributed by atoms with E-state index >= 15 is 0 Å². The standard InChI is InChI=1S/C11H15BrN2OS/c1-7-3-4-14(6-9(7)12)11(15)10-5-13-8(2)16-10/h5,7,9H,3-4,6H2,1-2H3. The van der Waals surface area contributed by atoms with Gasteiger partial charge in [0.15, 0.2) is 0 Å². The lowest BCUT2D eigenvalue weighted by Gasteiger charge is -2.33. The zero-order chi connectivity index (χ0) is 11.7. The van der Waals surface area contributed by atoms with Crippen LogP contribution in [0.1, 0.15) is 28.0 Å². The second kappa shape index (κ2) is 4.84. The molecule has 0 radical (unpaired) electrons. The maximum atomic E-state index is 12.1. The monoisotopic (exact) mass is 302 g/mol. The number of carbonyl (C=O) groups is 1. The SMILES string of the molecule is Cc1ncc(C(=O)N2CCC(C)C(Br)C2)s1. The topological polar surface area (TPSA) is 33.2 Å². The zero-order valence-electron chi connectivity index (χ0n) is 9.44. The van der Waals surface area contributed by atoms with E-state index in [0.29, 0.717) is 10.7 Å². The summed E-state index contributed by atoms with van der Waals surface area (Å²) in [5, 5.41) is 0.948. The smallest absolute Gasteiger partial charge is 0.265 e. The van der Waals surface area contributed by atoms with Gasteiger partial charge in [0.1, 0.15) is 4.88 Å². The fraction of sp³-hybridized carbons (Fsp3) is 0.636. The van der Waals surface area contributed by atoms with E-state index in [9.17, 15) is 4.79 Å². The van der Waals surface area contributed by atoms with Crippen molar-refractivity contribution in [2.75, 3.05) is 13.1 Å². The molecule has 0 spiro atoms. The van der Waals surface area contributed by atoms with Crippen LogP contribution < -0.4 is 0 Å². The molecule has 1 saturated heterocycles. The van der Waals surface area contributed by atoms with E-state index in [1.54, 1.807) is 6.20 Å². The van der Waals surface area contributed by atoms with Crippen molar-refractivity contribution in [3.05, 3.63) is 16.1 Å². The van der Waals surface area contributed by atoms with Crippen LogP contribution in [-0.2, 0) is 0 Å². The third kappa shape index (κ3) is 2.46. The highest BCUT2D eigenvalue weighted by Gasteiger charge is 2.28. The highest BCUT2D eigenvalue weighted by Crippen LogP contribution is 2.25. The predicted octanol–water partition coefficient (Wildman–Crippen LogP) is 2.70. The number of aryl methyl sites for hydroxylation is 1. The molecular formula is C11H15BrN2OS. The van der Waals surface area contributed by atoms with E-state index in [1.807, 2.05) is 11.8 Å². The van der Waals surface area contributed by atoms with Gasteiger partial charge in [-0.1, -0.05) is 22.9 Å². The van der Waals surface area contributed by atoms with Crippen molar-refractivity contribution in [2.45, 2.75) is 25.1 Å². The number of nitrogens with zero attached hydrogens (tertiary/aromatic N) is 2. The Labute approximate surface area is 108 Å². The fourth-order valence-corrected chi connectivity index (χ4v) is 3.18. The van der Waals surface area contributed by atoms with Crippen molar-refractivity contribution in [3.63, 3.8) is 0 Å². The Balaban J connectivity index is 2.06. The Morgan fingerprint density at radius 3 is 3.00 bits per heavy atom. The number of carbonyl (C=O) groups excluding carboxylic acids is 1. The largest absolute Gasteiger partial charge is 0.337 e. The summed E-state index contributed by atoms with van der Waals surface area (Å²) in [6.45, 7) is 5.81. The Hall–Kier alpha value is -0.420. The minimum atomic E-state index is 0.127. The number of hydrogen-bond acceptors (Lipinski definition) is 3. The first-order chi connectivity index (χ1) is 7.58. The van der Waals surface area contributed by atoms with Crippen LogP contribution in [0.25, 0.3) is 0 Å². The Kier molecular flexibility index (Phi) is 3.64. The average molecular weight is 303 g/mol. The number of thiazole rings is 1. The van der Waals surface area contributed by atoms with Crippen molar-refractivity contribution >= 4 is 33.2 Å². The minimum absolute atomic E-state index is 0.127. The van der Waals surface area contributed by atoms with Gasteiger partial charge in [-0.3, -0.25) is 4.79 Å². The zero-order valence-corrected chi connectivity index (χ0v) is 11.8. The third-order valence-electron chi connectivity index (χ3n) is 2.99. The lowest BCUT2D eigenvalue weighted by atomic mass is 9.99. The van der Waals surface area contributed by atoms with Crippen LogP contribution in [0.5, 0.6) is 0 Å². The molecule has 2 unspecified atom stereocenters. The van der Waals surface area contributed by atoms with Gasteiger partial charge in [0, 0.05) is 17.9 Å². The summed E-state index contributed by atoms with van der Waals surface area (Å²) in [5.41, 5.74) is 0. The van der Waals surface area contributed by atoms with Gasteiger partial charge in [0.25, 0.3) is 5.91 Å². The summed E-state index contributed by atoms with van der Waals surface area (Å²) >= 11 is 5.11. The molecule has 2 heterocycles.